The number of likely N-dealkylation sites (N-methyl/N-ethyl adjacent to an activating group) is 1. The average Bonchev–Trinajstić information content (AvgIpc) is 2.97. The zero-order valence-corrected chi connectivity index (χ0v) is 17.0. The van der Waals surface area contributed by atoms with Crippen molar-refractivity contribution < 1.29 is 14.4 Å². The Morgan fingerprint density at radius 1 is 1.10 bits per heavy atom. The van der Waals surface area contributed by atoms with Crippen molar-refractivity contribution in [3.8, 4) is 0 Å². The van der Waals surface area contributed by atoms with E-state index in [1.54, 1.807) is 18.9 Å². The van der Waals surface area contributed by atoms with Gasteiger partial charge in [0.1, 0.15) is 12.1 Å². The summed E-state index contributed by atoms with van der Waals surface area (Å²) in [6, 6.07) is 13.3. The van der Waals surface area contributed by atoms with E-state index in [-0.39, 0.29) is 24.4 Å². The van der Waals surface area contributed by atoms with E-state index < -0.39 is 11.6 Å². The van der Waals surface area contributed by atoms with Gasteiger partial charge in [-0.1, -0.05) is 55.7 Å². The Bertz CT molecular complexity index is 967. The van der Waals surface area contributed by atoms with Crippen LogP contribution in [0.25, 0.3) is 10.8 Å². The number of amides is 4. The van der Waals surface area contributed by atoms with Gasteiger partial charge in [-0.15, -0.1) is 0 Å². The van der Waals surface area contributed by atoms with Crippen molar-refractivity contribution in [3.05, 3.63) is 48.0 Å². The molecule has 1 aliphatic heterocycles. The second-order valence-corrected chi connectivity index (χ2v) is 8.30. The summed E-state index contributed by atoms with van der Waals surface area (Å²) in [6.45, 7) is 1.48. The Morgan fingerprint density at radius 2 is 1.79 bits per heavy atom. The zero-order chi connectivity index (χ0) is 20.6. The van der Waals surface area contributed by atoms with Crippen molar-refractivity contribution in [2.75, 3.05) is 13.6 Å². The molecule has 1 saturated heterocycles. The predicted molar refractivity (Wildman–Crippen MR) is 111 cm³/mol. The van der Waals surface area contributed by atoms with Crippen molar-refractivity contribution in [1.29, 1.82) is 0 Å². The molecular weight excluding hydrogens is 366 g/mol. The maximum absolute atomic E-state index is 13.2. The summed E-state index contributed by atoms with van der Waals surface area (Å²) in [7, 11) is 1.78. The fourth-order valence-corrected chi connectivity index (χ4v) is 4.46. The average molecular weight is 393 g/mol. The van der Waals surface area contributed by atoms with Crippen LogP contribution in [0.2, 0.25) is 0 Å². The molecule has 6 heteroatoms. The van der Waals surface area contributed by atoms with Crippen molar-refractivity contribution in [3.63, 3.8) is 0 Å². The minimum atomic E-state index is -1.18. The number of imide groups is 1. The van der Waals surface area contributed by atoms with Crippen LogP contribution in [0.15, 0.2) is 42.5 Å². The van der Waals surface area contributed by atoms with Crippen LogP contribution in [-0.2, 0) is 15.1 Å². The van der Waals surface area contributed by atoms with Gasteiger partial charge < -0.3 is 10.2 Å². The number of hydrogen-bond donors (Lipinski definition) is 1. The number of urea groups is 1. The molecule has 2 aliphatic rings. The lowest BCUT2D eigenvalue weighted by Gasteiger charge is -2.32. The van der Waals surface area contributed by atoms with Gasteiger partial charge in [0.2, 0.25) is 5.91 Å². The minimum Gasteiger partial charge on any atom is -0.341 e. The molecule has 29 heavy (non-hydrogen) atoms. The standard InChI is InChI=1S/C23H27N3O3/c1-23(18-13-12-16-8-6-7-9-17(16)14-18)21(28)26(22(29)24-23)15-20(27)25(2)19-10-4-3-5-11-19/h6-9,12-14,19H,3-5,10-11,15H2,1-2H3,(H,24,29)/t23-/m1/s1. The van der Waals surface area contributed by atoms with Gasteiger partial charge in [-0.3, -0.25) is 14.5 Å². The molecule has 0 unspecified atom stereocenters. The van der Waals surface area contributed by atoms with E-state index in [0.29, 0.717) is 5.56 Å². The molecule has 2 aromatic rings. The number of rotatable bonds is 4. The highest BCUT2D eigenvalue weighted by atomic mass is 16.2. The first kappa shape index (κ1) is 19.4. The molecule has 0 bridgehead atoms. The lowest BCUT2D eigenvalue weighted by Crippen LogP contribution is -2.46. The molecule has 0 spiro atoms. The van der Waals surface area contributed by atoms with Gasteiger partial charge >= 0.3 is 6.03 Å². The minimum absolute atomic E-state index is 0.192. The fourth-order valence-electron chi connectivity index (χ4n) is 4.46. The number of carbonyl (C=O) groups excluding carboxylic acids is 3. The topological polar surface area (TPSA) is 69.7 Å². The largest absolute Gasteiger partial charge is 0.341 e. The van der Waals surface area contributed by atoms with Gasteiger partial charge in [0.25, 0.3) is 5.91 Å². The van der Waals surface area contributed by atoms with Crippen LogP contribution in [0.1, 0.15) is 44.6 Å². The highest BCUT2D eigenvalue weighted by Gasteiger charge is 2.49. The van der Waals surface area contributed by atoms with Gasteiger partial charge in [-0.25, -0.2) is 4.79 Å². The predicted octanol–water partition coefficient (Wildman–Crippen LogP) is 3.40. The van der Waals surface area contributed by atoms with Crippen LogP contribution in [0.5, 0.6) is 0 Å². The molecule has 1 N–H and O–H groups in total. The maximum Gasteiger partial charge on any atom is 0.325 e. The molecule has 1 heterocycles. The Hall–Kier alpha value is -2.89. The Labute approximate surface area is 170 Å². The van der Waals surface area contributed by atoms with E-state index in [1.807, 2.05) is 42.5 Å². The summed E-state index contributed by atoms with van der Waals surface area (Å²) in [6.07, 6.45) is 5.40. The van der Waals surface area contributed by atoms with Crippen molar-refractivity contribution in [1.82, 2.24) is 15.1 Å². The fraction of sp³-hybridized carbons (Fsp3) is 0.435. The lowest BCUT2D eigenvalue weighted by molar-refractivity contribution is -0.139. The normalized spacial score (nSPS) is 22.8. The molecule has 2 aromatic carbocycles. The molecule has 0 radical (unpaired) electrons. The molecule has 1 saturated carbocycles. The third-order valence-electron chi connectivity index (χ3n) is 6.41. The molecule has 1 atom stereocenters. The molecule has 2 fully saturated rings. The van der Waals surface area contributed by atoms with E-state index in [4.69, 9.17) is 0 Å². The summed E-state index contributed by atoms with van der Waals surface area (Å²) in [5, 5.41) is 4.87. The third kappa shape index (κ3) is 3.48. The molecule has 4 rings (SSSR count). The van der Waals surface area contributed by atoms with Gasteiger partial charge in [0.05, 0.1) is 0 Å². The summed E-state index contributed by atoms with van der Waals surface area (Å²) >= 11 is 0. The lowest BCUT2D eigenvalue weighted by atomic mass is 9.90. The maximum atomic E-state index is 13.2. The first-order chi connectivity index (χ1) is 13.9. The SMILES string of the molecule is CN(C(=O)CN1C(=O)N[C@](C)(c2ccc3ccccc3c2)C1=O)C1CCCCC1. The number of fused-ring (bicyclic) bond motifs is 1. The van der Waals surface area contributed by atoms with Crippen LogP contribution in [0.4, 0.5) is 4.79 Å². The summed E-state index contributed by atoms with van der Waals surface area (Å²) < 4.78 is 0. The van der Waals surface area contributed by atoms with Gasteiger partial charge in [0, 0.05) is 13.1 Å². The van der Waals surface area contributed by atoms with E-state index in [1.165, 1.54) is 6.42 Å². The number of hydrogen-bond acceptors (Lipinski definition) is 3. The first-order valence-corrected chi connectivity index (χ1v) is 10.3. The van der Waals surface area contributed by atoms with E-state index >= 15 is 0 Å². The second kappa shape index (κ2) is 7.50. The highest BCUT2D eigenvalue weighted by molar-refractivity contribution is 6.09. The summed E-state index contributed by atoms with van der Waals surface area (Å²) in [5.74, 6) is -0.577. The van der Waals surface area contributed by atoms with E-state index in [2.05, 4.69) is 5.32 Å². The number of nitrogens with zero attached hydrogens (tertiary/aromatic N) is 2. The third-order valence-corrected chi connectivity index (χ3v) is 6.41. The van der Waals surface area contributed by atoms with E-state index in [9.17, 15) is 14.4 Å². The Kier molecular flexibility index (Phi) is 5.03. The van der Waals surface area contributed by atoms with Crippen molar-refractivity contribution in [2.24, 2.45) is 0 Å². The Morgan fingerprint density at radius 3 is 2.52 bits per heavy atom. The number of nitrogens with one attached hydrogen (secondary N) is 1. The van der Waals surface area contributed by atoms with Gasteiger partial charge in [-0.2, -0.15) is 0 Å². The molecule has 152 valence electrons. The first-order valence-electron chi connectivity index (χ1n) is 10.3. The second-order valence-electron chi connectivity index (χ2n) is 8.30. The highest BCUT2D eigenvalue weighted by Crippen LogP contribution is 2.31. The molecule has 4 amide bonds. The van der Waals surface area contributed by atoms with Gasteiger partial charge in [-0.05, 0) is 42.2 Å². The monoisotopic (exact) mass is 393 g/mol. The van der Waals surface area contributed by atoms with Crippen molar-refractivity contribution in [2.45, 2.75) is 50.6 Å². The quantitative estimate of drug-likeness (QED) is 0.810. The smallest absolute Gasteiger partial charge is 0.325 e. The Balaban J connectivity index is 1.53. The van der Waals surface area contributed by atoms with Crippen LogP contribution >= 0.6 is 0 Å². The van der Waals surface area contributed by atoms with Gasteiger partial charge in [0.15, 0.2) is 0 Å². The molecule has 0 aromatic heterocycles. The number of benzene rings is 2. The molecule has 6 nitrogen and oxygen atoms in total. The van der Waals surface area contributed by atoms with Crippen molar-refractivity contribution >= 4 is 28.6 Å². The number of carbonyl (C=O) groups is 3. The van der Waals surface area contributed by atoms with Crippen LogP contribution in [0, 0.1) is 0 Å². The molecular formula is C23H27N3O3. The van der Waals surface area contributed by atoms with E-state index in [0.717, 1.165) is 41.4 Å². The van der Waals surface area contributed by atoms with Crippen LogP contribution in [-0.4, -0.2) is 47.3 Å². The van der Waals surface area contributed by atoms with Crippen LogP contribution < -0.4 is 5.32 Å². The summed E-state index contributed by atoms with van der Waals surface area (Å²) in [5.41, 5.74) is -0.463. The zero-order valence-electron chi connectivity index (χ0n) is 17.0. The van der Waals surface area contributed by atoms with Crippen LogP contribution in [0.3, 0.4) is 0 Å². The summed E-state index contributed by atoms with van der Waals surface area (Å²) in [4.78, 5) is 41.3. The molecule has 1 aliphatic carbocycles.